The van der Waals surface area contributed by atoms with E-state index < -0.39 is 5.95 Å². The number of hydrogen-bond donors (Lipinski definition) is 1. The van der Waals surface area contributed by atoms with Gasteiger partial charge in [0.25, 0.3) is 0 Å². The van der Waals surface area contributed by atoms with Crippen molar-refractivity contribution in [3.8, 4) is 0 Å². The Morgan fingerprint density at radius 1 is 1.50 bits per heavy atom. The first-order chi connectivity index (χ1) is 7.78. The predicted molar refractivity (Wildman–Crippen MR) is 67.4 cm³/mol. The molecular formula is C12H17FN2S. The Morgan fingerprint density at radius 2 is 2.38 bits per heavy atom. The molecule has 0 aliphatic heterocycles. The Balaban J connectivity index is 1.87. The number of nitrogens with zero attached hydrogens (tertiary/aromatic N) is 1. The molecule has 0 saturated heterocycles. The number of thioether (sulfide) groups is 1. The minimum absolute atomic E-state index is 0.414. The molecular weight excluding hydrogens is 223 g/mol. The Hall–Kier alpha value is -0.770. The monoisotopic (exact) mass is 240 g/mol. The van der Waals surface area contributed by atoms with Crippen LogP contribution < -0.4 is 5.32 Å². The second-order valence-corrected chi connectivity index (χ2v) is 5.65. The van der Waals surface area contributed by atoms with E-state index in [1.54, 1.807) is 6.07 Å². The maximum Gasteiger partial charge on any atom is 0.214 e. The fourth-order valence-corrected chi connectivity index (χ4v) is 3.30. The number of anilines is 1. The van der Waals surface area contributed by atoms with Crippen molar-refractivity contribution in [2.24, 2.45) is 0 Å². The van der Waals surface area contributed by atoms with Gasteiger partial charge in [0.1, 0.15) is 5.82 Å². The van der Waals surface area contributed by atoms with Gasteiger partial charge in [-0.25, -0.2) is 4.98 Å². The molecule has 0 bridgehead atoms. The minimum Gasteiger partial charge on any atom is -0.367 e. The first kappa shape index (κ1) is 11.7. The zero-order chi connectivity index (χ0) is 11.4. The van der Waals surface area contributed by atoms with Gasteiger partial charge in [-0.05, 0) is 37.1 Å². The van der Waals surface area contributed by atoms with E-state index in [2.05, 4.69) is 17.2 Å². The third kappa shape index (κ3) is 3.11. The van der Waals surface area contributed by atoms with Crippen LogP contribution >= 0.6 is 11.8 Å². The molecule has 1 N–H and O–H groups in total. The smallest absolute Gasteiger partial charge is 0.214 e. The fourth-order valence-electron chi connectivity index (χ4n) is 2.16. The summed E-state index contributed by atoms with van der Waals surface area (Å²) < 4.78 is 12.9. The van der Waals surface area contributed by atoms with E-state index in [0.717, 1.165) is 18.1 Å². The first-order valence-corrected chi connectivity index (χ1v) is 6.83. The van der Waals surface area contributed by atoms with Gasteiger partial charge >= 0.3 is 0 Å². The van der Waals surface area contributed by atoms with Crippen molar-refractivity contribution >= 4 is 17.6 Å². The van der Waals surface area contributed by atoms with Crippen LogP contribution in [0.4, 0.5) is 10.2 Å². The standard InChI is InChI=1S/C12H17FN2S/c1-2-16-10-7-6-9(8-10)14-12-5-3-4-11(13)15-12/h3-5,9-10H,2,6-8H2,1H3,(H,14,15). The molecule has 2 unspecified atom stereocenters. The van der Waals surface area contributed by atoms with E-state index in [1.807, 2.05) is 17.8 Å². The van der Waals surface area contributed by atoms with Crippen molar-refractivity contribution in [2.45, 2.75) is 37.5 Å². The molecule has 1 saturated carbocycles. The highest BCUT2D eigenvalue weighted by molar-refractivity contribution is 7.99. The van der Waals surface area contributed by atoms with Crippen molar-refractivity contribution in [3.63, 3.8) is 0 Å². The number of pyridine rings is 1. The molecule has 16 heavy (non-hydrogen) atoms. The molecule has 4 heteroatoms. The minimum atomic E-state index is -0.414. The lowest BCUT2D eigenvalue weighted by atomic mass is 10.2. The highest BCUT2D eigenvalue weighted by Gasteiger charge is 2.24. The van der Waals surface area contributed by atoms with Crippen LogP contribution in [0.25, 0.3) is 0 Å². The van der Waals surface area contributed by atoms with Gasteiger partial charge < -0.3 is 5.32 Å². The van der Waals surface area contributed by atoms with Crippen LogP contribution in [0.1, 0.15) is 26.2 Å². The number of hydrogen-bond acceptors (Lipinski definition) is 3. The summed E-state index contributed by atoms with van der Waals surface area (Å²) in [5.41, 5.74) is 0. The molecule has 0 amide bonds. The molecule has 0 spiro atoms. The lowest BCUT2D eigenvalue weighted by Gasteiger charge is -2.13. The SMILES string of the molecule is CCSC1CCC(Nc2cccc(F)n2)C1. The second-order valence-electron chi connectivity index (χ2n) is 4.08. The van der Waals surface area contributed by atoms with Gasteiger partial charge in [-0.1, -0.05) is 13.0 Å². The quantitative estimate of drug-likeness (QED) is 0.817. The molecule has 1 aliphatic rings. The summed E-state index contributed by atoms with van der Waals surface area (Å²) in [6.07, 6.45) is 3.58. The molecule has 2 rings (SSSR count). The summed E-state index contributed by atoms with van der Waals surface area (Å²) in [6.45, 7) is 2.19. The van der Waals surface area contributed by atoms with Crippen LogP contribution in [-0.2, 0) is 0 Å². The number of rotatable bonds is 4. The maximum absolute atomic E-state index is 12.9. The normalized spacial score (nSPS) is 24.6. The van der Waals surface area contributed by atoms with Crippen LogP contribution in [0.3, 0.4) is 0 Å². The Labute approximate surface area is 100 Å². The molecule has 1 heterocycles. The average molecular weight is 240 g/mol. The van der Waals surface area contributed by atoms with E-state index >= 15 is 0 Å². The van der Waals surface area contributed by atoms with Gasteiger partial charge in [0.15, 0.2) is 0 Å². The van der Waals surface area contributed by atoms with Crippen LogP contribution in [-0.4, -0.2) is 22.0 Å². The van der Waals surface area contributed by atoms with E-state index in [1.165, 1.54) is 18.2 Å². The summed E-state index contributed by atoms with van der Waals surface area (Å²) in [7, 11) is 0. The average Bonchev–Trinajstić information content (AvgIpc) is 2.66. The van der Waals surface area contributed by atoms with Crippen molar-refractivity contribution in [3.05, 3.63) is 24.1 Å². The molecule has 1 aromatic rings. The van der Waals surface area contributed by atoms with Gasteiger partial charge in [-0.3, -0.25) is 0 Å². The van der Waals surface area contributed by atoms with Crippen LogP contribution in [0.5, 0.6) is 0 Å². The molecule has 0 aromatic carbocycles. The van der Waals surface area contributed by atoms with Crippen LogP contribution in [0.15, 0.2) is 18.2 Å². The Bertz CT molecular complexity index is 346. The largest absolute Gasteiger partial charge is 0.367 e. The van der Waals surface area contributed by atoms with Crippen molar-refractivity contribution in [1.29, 1.82) is 0 Å². The second kappa shape index (κ2) is 5.53. The van der Waals surface area contributed by atoms with Gasteiger partial charge in [0, 0.05) is 11.3 Å². The van der Waals surface area contributed by atoms with Gasteiger partial charge in [-0.2, -0.15) is 16.2 Å². The van der Waals surface area contributed by atoms with Gasteiger partial charge in [0.2, 0.25) is 5.95 Å². The highest BCUT2D eigenvalue weighted by atomic mass is 32.2. The lowest BCUT2D eigenvalue weighted by molar-refractivity contribution is 0.583. The zero-order valence-corrected chi connectivity index (χ0v) is 10.3. The van der Waals surface area contributed by atoms with Crippen LogP contribution in [0, 0.1) is 5.95 Å². The van der Waals surface area contributed by atoms with Gasteiger partial charge in [0.05, 0.1) is 0 Å². The van der Waals surface area contributed by atoms with E-state index in [0.29, 0.717) is 11.9 Å². The summed E-state index contributed by atoms with van der Waals surface area (Å²) in [4.78, 5) is 3.82. The number of aromatic nitrogens is 1. The third-order valence-electron chi connectivity index (χ3n) is 2.85. The molecule has 1 aliphatic carbocycles. The van der Waals surface area contributed by atoms with E-state index in [9.17, 15) is 4.39 Å². The molecule has 0 radical (unpaired) electrons. The van der Waals surface area contributed by atoms with Crippen molar-refractivity contribution in [2.75, 3.05) is 11.1 Å². The molecule has 88 valence electrons. The molecule has 2 atom stereocenters. The third-order valence-corrected chi connectivity index (χ3v) is 4.09. The Morgan fingerprint density at radius 3 is 3.12 bits per heavy atom. The fraction of sp³-hybridized carbons (Fsp3) is 0.583. The summed E-state index contributed by atoms with van der Waals surface area (Å²) >= 11 is 2.02. The van der Waals surface area contributed by atoms with Crippen LogP contribution in [0.2, 0.25) is 0 Å². The Kier molecular flexibility index (Phi) is 4.04. The highest BCUT2D eigenvalue weighted by Crippen LogP contribution is 2.31. The molecule has 2 nitrogen and oxygen atoms in total. The topological polar surface area (TPSA) is 24.9 Å². The summed E-state index contributed by atoms with van der Waals surface area (Å²) in [5, 5.41) is 4.07. The first-order valence-electron chi connectivity index (χ1n) is 5.78. The number of nitrogens with one attached hydrogen (secondary N) is 1. The van der Waals surface area contributed by atoms with Crippen molar-refractivity contribution < 1.29 is 4.39 Å². The number of halogens is 1. The van der Waals surface area contributed by atoms with E-state index in [4.69, 9.17) is 0 Å². The molecule has 1 aromatic heterocycles. The molecule has 1 fully saturated rings. The summed E-state index contributed by atoms with van der Waals surface area (Å²) in [5.74, 6) is 1.42. The summed E-state index contributed by atoms with van der Waals surface area (Å²) in [6, 6.07) is 5.34. The maximum atomic E-state index is 12.9. The lowest BCUT2D eigenvalue weighted by Crippen LogP contribution is -2.17. The van der Waals surface area contributed by atoms with Gasteiger partial charge in [-0.15, -0.1) is 0 Å². The zero-order valence-electron chi connectivity index (χ0n) is 9.45. The predicted octanol–water partition coefficient (Wildman–Crippen LogP) is 3.31. The van der Waals surface area contributed by atoms with E-state index in [-0.39, 0.29) is 0 Å². The van der Waals surface area contributed by atoms with Crippen molar-refractivity contribution in [1.82, 2.24) is 4.98 Å².